The third-order valence-electron chi connectivity index (χ3n) is 14.3. The molecule has 0 rings (SSSR count). The predicted molar refractivity (Wildman–Crippen MR) is 339 cm³/mol. The fourth-order valence-corrected chi connectivity index (χ4v) is 10.0. The zero-order valence-corrected chi connectivity index (χ0v) is 53.2. The van der Waals surface area contributed by atoms with Gasteiger partial charge in [0.2, 0.25) is 5.91 Å². The molecule has 0 bridgehead atoms. The molecule has 458 valence electrons. The number of hydrogen-bond acceptors (Lipinski definition) is 7. The number of quaternary nitrogens is 1. The third kappa shape index (κ3) is 59.6. The van der Waals surface area contributed by atoms with Crippen molar-refractivity contribution >= 4 is 19.7 Å². The SMILES string of the molecule is CC/C=C\C/C=C\C/C=C\C/C=C\C/C=C\C/C=C\CCCCCCCCC(=O)NC(COP(=O)([O-])OCC[N+](C)(C)C)C(/C=C\CCCCCCCCCCCCC)OC(=O)CCCCCCCCCCCCCCCCC. The minimum absolute atomic E-state index is 0.0274. The van der Waals surface area contributed by atoms with E-state index in [1.165, 1.54) is 135 Å². The van der Waals surface area contributed by atoms with Gasteiger partial charge in [-0.25, -0.2) is 0 Å². The van der Waals surface area contributed by atoms with Crippen LogP contribution in [0.2, 0.25) is 0 Å². The molecule has 10 heteroatoms. The number of likely N-dealkylation sites (N-methyl/N-ethyl adjacent to an activating group) is 1. The van der Waals surface area contributed by atoms with Crippen molar-refractivity contribution in [3.63, 3.8) is 0 Å². The summed E-state index contributed by atoms with van der Waals surface area (Å²) in [6.45, 7) is 6.74. The van der Waals surface area contributed by atoms with Crippen LogP contribution in [0.25, 0.3) is 0 Å². The van der Waals surface area contributed by atoms with Crippen molar-refractivity contribution in [2.45, 2.75) is 303 Å². The Labute approximate surface area is 488 Å². The van der Waals surface area contributed by atoms with Crippen LogP contribution in [0.3, 0.4) is 0 Å². The molecule has 0 aliphatic rings. The normalized spacial score (nSPS) is 14.2. The topological polar surface area (TPSA) is 114 Å². The predicted octanol–water partition coefficient (Wildman–Crippen LogP) is 19.9. The molecule has 3 unspecified atom stereocenters. The molecule has 0 saturated carbocycles. The third-order valence-corrected chi connectivity index (χ3v) is 15.3. The average molecular weight is 1130 g/mol. The molecule has 79 heavy (non-hydrogen) atoms. The van der Waals surface area contributed by atoms with Crippen LogP contribution >= 0.6 is 7.82 Å². The number of hydrogen-bond donors (Lipinski definition) is 1. The van der Waals surface area contributed by atoms with Gasteiger partial charge in [0.1, 0.15) is 19.3 Å². The number of esters is 1. The molecule has 0 aliphatic heterocycles. The summed E-state index contributed by atoms with van der Waals surface area (Å²) < 4.78 is 30.4. The van der Waals surface area contributed by atoms with Crippen molar-refractivity contribution in [2.75, 3.05) is 40.9 Å². The number of unbranched alkanes of at least 4 members (excludes halogenated alkanes) is 31. The van der Waals surface area contributed by atoms with Gasteiger partial charge in [-0.15, -0.1) is 0 Å². The first-order chi connectivity index (χ1) is 38.4. The van der Waals surface area contributed by atoms with E-state index in [2.05, 4.69) is 99.0 Å². The van der Waals surface area contributed by atoms with Crippen LogP contribution in [-0.2, 0) is 27.9 Å². The molecule has 0 aromatic rings. The van der Waals surface area contributed by atoms with E-state index in [0.717, 1.165) is 122 Å². The second kappa shape index (κ2) is 58.4. The van der Waals surface area contributed by atoms with Crippen LogP contribution in [0, 0.1) is 0 Å². The number of phosphoric ester groups is 1. The molecule has 0 spiro atoms. The Morgan fingerprint density at radius 1 is 0.456 bits per heavy atom. The maximum Gasteiger partial charge on any atom is 0.306 e. The Morgan fingerprint density at radius 2 is 0.810 bits per heavy atom. The van der Waals surface area contributed by atoms with Crippen LogP contribution in [0.15, 0.2) is 85.1 Å². The van der Waals surface area contributed by atoms with Crippen molar-refractivity contribution in [3.8, 4) is 0 Å². The van der Waals surface area contributed by atoms with Gasteiger partial charge in [-0.05, 0) is 83.1 Å². The summed E-state index contributed by atoms with van der Waals surface area (Å²) >= 11 is 0. The highest BCUT2D eigenvalue weighted by Gasteiger charge is 2.27. The Bertz CT molecular complexity index is 1630. The van der Waals surface area contributed by atoms with Gasteiger partial charge in [-0.2, -0.15) is 0 Å². The van der Waals surface area contributed by atoms with Gasteiger partial charge >= 0.3 is 5.97 Å². The van der Waals surface area contributed by atoms with Gasteiger partial charge in [0.25, 0.3) is 7.82 Å². The molecule has 0 aromatic carbocycles. The smallest absolute Gasteiger partial charge is 0.306 e. The highest BCUT2D eigenvalue weighted by atomic mass is 31.2. The lowest BCUT2D eigenvalue weighted by atomic mass is 10.0. The molecule has 0 aromatic heterocycles. The number of amides is 1. The van der Waals surface area contributed by atoms with Gasteiger partial charge in [-0.1, -0.05) is 280 Å². The van der Waals surface area contributed by atoms with Crippen LogP contribution < -0.4 is 10.2 Å². The highest BCUT2D eigenvalue weighted by molar-refractivity contribution is 7.45. The molecule has 0 radical (unpaired) electrons. The summed E-state index contributed by atoms with van der Waals surface area (Å²) in [7, 11) is 1.17. The zero-order chi connectivity index (χ0) is 57.9. The van der Waals surface area contributed by atoms with Crippen LogP contribution in [-0.4, -0.2) is 69.4 Å². The fourth-order valence-electron chi connectivity index (χ4n) is 9.29. The largest absolute Gasteiger partial charge is 0.756 e. The highest BCUT2D eigenvalue weighted by Crippen LogP contribution is 2.38. The summed E-state index contributed by atoms with van der Waals surface area (Å²) in [5.41, 5.74) is 0. The number of phosphoric acid groups is 1. The maximum atomic E-state index is 13.6. The van der Waals surface area contributed by atoms with Gasteiger partial charge < -0.3 is 28.5 Å². The van der Waals surface area contributed by atoms with Crippen molar-refractivity contribution in [2.24, 2.45) is 0 Å². The van der Waals surface area contributed by atoms with Crippen LogP contribution in [0.5, 0.6) is 0 Å². The average Bonchev–Trinajstić information content (AvgIpc) is 3.41. The van der Waals surface area contributed by atoms with Gasteiger partial charge in [0, 0.05) is 12.8 Å². The first-order valence-corrected chi connectivity index (χ1v) is 34.4. The second-order valence-corrected chi connectivity index (χ2v) is 24.7. The molecule has 9 nitrogen and oxygen atoms in total. The number of nitrogens with zero attached hydrogens (tertiary/aromatic N) is 1. The summed E-state index contributed by atoms with van der Waals surface area (Å²) in [6.07, 6.45) is 76.9. The summed E-state index contributed by atoms with van der Waals surface area (Å²) in [6, 6.07) is -0.899. The fraction of sp³-hybridized carbons (Fsp3) is 0.768. The first-order valence-electron chi connectivity index (χ1n) is 32.9. The zero-order valence-electron chi connectivity index (χ0n) is 52.3. The van der Waals surface area contributed by atoms with Crippen LogP contribution in [0.4, 0.5) is 0 Å². The lowest BCUT2D eigenvalue weighted by molar-refractivity contribution is -0.870. The van der Waals surface area contributed by atoms with Crippen molar-refractivity contribution in [1.29, 1.82) is 0 Å². The summed E-state index contributed by atoms with van der Waals surface area (Å²) in [5.74, 6) is -0.552. The first kappa shape index (κ1) is 76.2. The van der Waals surface area contributed by atoms with Crippen LogP contribution in [0.1, 0.15) is 290 Å². The van der Waals surface area contributed by atoms with E-state index in [0.29, 0.717) is 17.4 Å². The lowest BCUT2D eigenvalue weighted by Gasteiger charge is -2.30. The molecular formula is C69H125N2O7P. The lowest BCUT2D eigenvalue weighted by Crippen LogP contribution is -2.47. The minimum atomic E-state index is -4.71. The van der Waals surface area contributed by atoms with Crippen molar-refractivity contribution in [1.82, 2.24) is 5.32 Å². The summed E-state index contributed by atoms with van der Waals surface area (Å²) in [5, 5.41) is 3.03. The van der Waals surface area contributed by atoms with E-state index in [1.54, 1.807) is 0 Å². The van der Waals surface area contributed by atoms with E-state index >= 15 is 0 Å². The molecule has 0 heterocycles. The van der Waals surface area contributed by atoms with Gasteiger partial charge in [0.05, 0.1) is 33.8 Å². The Kier molecular flexibility index (Phi) is 56.3. The van der Waals surface area contributed by atoms with E-state index in [1.807, 2.05) is 33.3 Å². The Balaban J connectivity index is 5.21. The van der Waals surface area contributed by atoms with E-state index in [4.69, 9.17) is 13.8 Å². The Hall–Kier alpha value is -2.81. The van der Waals surface area contributed by atoms with Gasteiger partial charge in [-0.3, -0.25) is 14.2 Å². The number of carbonyl (C=O) groups excluding carboxylic acids is 2. The van der Waals surface area contributed by atoms with E-state index < -0.39 is 26.6 Å². The number of carbonyl (C=O) groups is 2. The summed E-state index contributed by atoms with van der Waals surface area (Å²) in [4.78, 5) is 40.1. The van der Waals surface area contributed by atoms with Gasteiger partial charge in [0.15, 0.2) is 0 Å². The molecule has 1 N–H and O–H groups in total. The van der Waals surface area contributed by atoms with Crippen molar-refractivity contribution < 1.29 is 37.3 Å². The van der Waals surface area contributed by atoms with Crippen molar-refractivity contribution in [3.05, 3.63) is 85.1 Å². The molecule has 0 saturated heterocycles. The number of ether oxygens (including phenoxy) is 1. The second-order valence-electron chi connectivity index (χ2n) is 23.2. The monoisotopic (exact) mass is 1120 g/mol. The number of rotatable bonds is 59. The standard InChI is InChI=1S/C69H125N2O7P/c1-7-10-13-16-19-22-25-28-30-31-32-33-34-35-36-37-38-39-41-43-46-49-52-55-58-61-68(72)70-66(65-77-79(74,75)76-64-63-71(4,5)6)67(60-57-54-51-48-45-42-27-24-21-18-15-12-9-3)78-69(73)62-59-56-53-50-47-44-40-29-26-23-20-17-14-11-8-2/h10,13,19,22,28,30,32-33,35-36,38-39,57,60,66-67H,7-9,11-12,14-18,20-21,23-27,29,31,34,37,40-56,58-59,61-65H2,1-6H3,(H-,70,72,74,75)/b13-10-,22-19-,30-28-,33-32-,36-35-,39-38-,60-57-. The minimum Gasteiger partial charge on any atom is -0.756 e. The molecule has 3 atom stereocenters. The van der Waals surface area contributed by atoms with E-state index in [-0.39, 0.29) is 24.9 Å². The number of nitrogens with one attached hydrogen (secondary N) is 1. The quantitative estimate of drug-likeness (QED) is 0.0212. The van der Waals surface area contributed by atoms with E-state index in [9.17, 15) is 19.0 Å². The molecule has 0 aliphatic carbocycles. The molecule has 0 fully saturated rings. The molecular weight excluding hydrogens is 1000 g/mol. The molecule has 1 amide bonds. The number of allylic oxidation sites excluding steroid dienone is 13. The maximum absolute atomic E-state index is 13.6. The Morgan fingerprint density at radius 3 is 1.22 bits per heavy atom.